The third kappa shape index (κ3) is 8.49. The van der Waals surface area contributed by atoms with E-state index in [1.54, 1.807) is 60.9 Å². The number of hydrogen-bond donors (Lipinski definition) is 0. The number of aromatic nitrogens is 3. The van der Waals surface area contributed by atoms with Crippen LogP contribution in [0.5, 0.6) is 5.75 Å². The number of morpholine rings is 1. The van der Waals surface area contributed by atoms with E-state index in [-0.39, 0.29) is 48.6 Å². The molecule has 0 saturated carbocycles. The summed E-state index contributed by atoms with van der Waals surface area (Å²) in [5.41, 5.74) is -0.361. The summed E-state index contributed by atoms with van der Waals surface area (Å²) in [7, 11) is 0. The second kappa shape index (κ2) is 15.1. The maximum Gasteiger partial charge on any atom is 0.410 e. The van der Waals surface area contributed by atoms with Crippen molar-refractivity contribution in [1.82, 2.24) is 29.7 Å². The molecule has 2 atom stereocenters. The van der Waals surface area contributed by atoms with Crippen molar-refractivity contribution in [3.8, 4) is 11.4 Å². The van der Waals surface area contributed by atoms with Gasteiger partial charge in [-0.15, -0.1) is 5.10 Å². The number of nitrogens with zero attached hydrogens (tertiary/aromatic N) is 6. The number of halogens is 1. The lowest BCUT2D eigenvalue weighted by atomic mass is 9.91. The van der Waals surface area contributed by atoms with Crippen LogP contribution in [-0.2, 0) is 20.9 Å². The molecular weight excluding hydrogens is 619 g/mol. The summed E-state index contributed by atoms with van der Waals surface area (Å²) in [6.45, 7) is 11.7. The standard InChI is InChI=1S/C35H45FN6O6/c1-24(2)20-41(26-19-25(32(43)39-15-17-46-18-16-39)21-40(22-26)34(45)48-35(3,4)5)33(44)31-30(23-47-27-11-7-6-8-12-27)42(38-37-31)29-14-10-9-13-28(29)36/h6-14,24-26H,15-23H2,1-5H3/t25-,26+/m1/s1. The molecule has 3 heterocycles. The highest BCUT2D eigenvalue weighted by atomic mass is 19.1. The van der Waals surface area contributed by atoms with Gasteiger partial charge in [0, 0.05) is 32.7 Å². The van der Waals surface area contributed by atoms with Gasteiger partial charge in [-0.25, -0.2) is 13.9 Å². The lowest BCUT2D eigenvalue weighted by Gasteiger charge is -2.44. The molecule has 0 N–H and O–H groups in total. The minimum absolute atomic E-state index is 0.000261. The first-order valence-electron chi connectivity index (χ1n) is 16.4. The Morgan fingerprint density at radius 3 is 2.35 bits per heavy atom. The van der Waals surface area contributed by atoms with Crippen LogP contribution in [0, 0.1) is 17.7 Å². The van der Waals surface area contributed by atoms with Crippen molar-refractivity contribution >= 4 is 17.9 Å². The summed E-state index contributed by atoms with van der Waals surface area (Å²) in [6.07, 6.45) is -0.211. The van der Waals surface area contributed by atoms with Crippen molar-refractivity contribution in [2.45, 2.75) is 59.3 Å². The molecule has 0 radical (unpaired) electrons. The molecule has 48 heavy (non-hydrogen) atoms. The average molecular weight is 665 g/mol. The number of carbonyl (C=O) groups is 3. The van der Waals surface area contributed by atoms with Gasteiger partial charge in [0.05, 0.1) is 25.2 Å². The van der Waals surface area contributed by atoms with Gasteiger partial charge in [0.2, 0.25) is 5.91 Å². The van der Waals surface area contributed by atoms with E-state index >= 15 is 4.39 Å². The first-order chi connectivity index (χ1) is 22.9. The number of piperidine rings is 1. The molecule has 0 bridgehead atoms. The summed E-state index contributed by atoms with van der Waals surface area (Å²) in [6, 6.07) is 14.6. The highest BCUT2D eigenvalue weighted by molar-refractivity contribution is 5.94. The normalized spacial score (nSPS) is 18.5. The largest absolute Gasteiger partial charge is 0.487 e. The molecule has 5 rings (SSSR count). The van der Waals surface area contributed by atoms with Crippen LogP contribution in [0.3, 0.4) is 0 Å². The van der Waals surface area contributed by atoms with Crippen molar-refractivity contribution in [3.63, 3.8) is 0 Å². The number of likely N-dealkylation sites (tertiary alicyclic amines) is 1. The minimum Gasteiger partial charge on any atom is -0.487 e. The molecule has 1 aromatic heterocycles. The fourth-order valence-corrected chi connectivity index (χ4v) is 6.00. The summed E-state index contributed by atoms with van der Waals surface area (Å²) in [4.78, 5) is 46.8. The van der Waals surface area contributed by atoms with Crippen LogP contribution in [0.25, 0.3) is 5.69 Å². The topological polar surface area (TPSA) is 119 Å². The first-order valence-corrected chi connectivity index (χ1v) is 16.4. The van der Waals surface area contributed by atoms with Crippen molar-refractivity contribution < 1.29 is 33.0 Å². The van der Waals surface area contributed by atoms with E-state index in [9.17, 15) is 14.4 Å². The molecule has 13 heteroatoms. The molecule has 2 fully saturated rings. The van der Waals surface area contributed by atoms with Crippen molar-refractivity contribution in [3.05, 3.63) is 71.8 Å². The van der Waals surface area contributed by atoms with Gasteiger partial charge in [0.25, 0.3) is 5.91 Å². The lowest BCUT2D eigenvalue weighted by Crippen LogP contribution is -2.58. The van der Waals surface area contributed by atoms with Crippen molar-refractivity contribution in [2.75, 3.05) is 45.9 Å². The lowest BCUT2D eigenvalue weighted by molar-refractivity contribution is -0.142. The van der Waals surface area contributed by atoms with Gasteiger partial charge in [-0.05, 0) is 57.4 Å². The number of benzene rings is 2. The first kappa shape index (κ1) is 34.8. The van der Waals surface area contributed by atoms with E-state index in [2.05, 4.69) is 10.3 Å². The predicted octanol–water partition coefficient (Wildman–Crippen LogP) is 4.57. The SMILES string of the molecule is CC(C)CN(C(=O)c1nnn(-c2ccccc2F)c1COc1ccccc1)[C@H]1C[C@@H](C(=O)N2CCOCC2)CN(C(=O)OC(C)(C)C)C1. The van der Waals surface area contributed by atoms with Crippen LogP contribution >= 0.6 is 0 Å². The van der Waals surface area contributed by atoms with Gasteiger partial charge in [-0.2, -0.15) is 0 Å². The molecule has 3 aromatic rings. The van der Waals surface area contributed by atoms with E-state index in [0.29, 0.717) is 45.0 Å². The second-order valence-corrected chi connectivity index (χ2v) is 13.6. The fourth-order valence-electron chi connectivity index (χ4n) is 6.00. The Labute approximate surface area is 280 Å². The average Bonchev–Trinajstić information content (AvgIpc) is 3.49. The molecule has 3 amide bonds. The molecule has 2 aliphatic rings. The van der Waals surface area contributed by atoms with E-state index in [0.717, 1.165) is 0 Å². The third-order valence-electron chi connectivity index (χ3n) is 8.18. The zero-order valence-corrected chi connectivity index (χ0v) is 28.3. The Morgan fingerprint density at radius 2 is 1.69 bits per heavy atom. The van der Waals surface area contributed by atoms with Gasteiger partial charge in [0.15, 0.2) is 5.69 Å². The Hall–Kier alpha value is -4.52. The zero-order chi connectivity index (χ0) is 34.4. The van der Waals surface area contributed by atoms with Gasteiger partial charge >= 0.3 is 6.09 Å². The molecule has 0 aliphatic carbocycles. The Morgan fingerprint density at radius 1 is 1.00 bits per heavy atom. The Balaban J connectivity index is 1.51. The molecule has 2 saturated heterocycles. The minimum atomic E-state index is -0.750. The number of para-hydroxylation sites is 2. The van der Waals surface area contributed by atoms with Crippen LogP contribution in [0.1, 0.15) is 57.2 Å². The van der Waals surface area contributed by atoms with Crippen LogP contribution in [0.15, 0.2) is 54.6 Å². The van der Waals surface area contributed by atoms with Crippen molar-refractivity contribution in [1.29, 1.82) is 0 Å². The molecule has 0 unspecified atom stereocenters. The fraction of sp³-hybridized carbons (Fsp3) is 0.514. The molecule has 2 aromatic carbocycles. The second-order valence-electron chi connectivity index (χ2n) is 13.6. The van der Waals surface area contributed by atoms with Crippen molar-refractivity contribution in [2.24, 2.45) is 11.8 Å². The van der Waals surface area contributed by atoms with Crippen LogP contribution < -0.4 is 4.74 Å². The number of ether oxygens (including phenoxy) is 3. The van der Waals surface area contributed by atoms with E-state index in [1.165, 1.54) is 15.6 Å². The molecule has 0 spiro atoms. The Kier molecular flexibility index (Phi) is 11.0. The molecule has 12 nitrogen and oxygen atoms in total. The predicted molar refractivity (Wildman–Crippen MR) is 175 cm³/mol. The summed E-state index contributed by atoms with van der Waals surface area (Å²) in [5.74, 6) is -1.05. The smallest absolute Gasteiger partial charge is 0.410 e. The third-order valence-corrected chi connectivity index (χ3v) is 8.18. The van der Waals surface area contributed by atoms with Gasteiger partial charge in [-0.3, -0.25) is 9.59 Å². The number of carbonyl (C=O) groups excluding carboxylic acids is 3. The summed E-state index contributed by atoms with van der Waals surface area (Å²) < 4.78 is 33.5. The van der Waals surface area contributed by atoms with Crippen LogP contribution in [-0.4, -0.2) is 105 Å². The molecule has 2 aliphatic heterocycles. The monoisotopic (exact) mass is 664 g/mol. The molecule has 258 valence electrons. The summed E-state index contributed by atoms with van der Waals surface area (Å²) in [5, 5.41) is 8.50. The molecular formula is C35H45FN6O6. The number of amides is 3. The zero-order valence-electron chi connectivity index (χ0n) is 28.3. The number of hydrogen-bond acceptors (Lipinski definition) is 8. The van der Waals surface area contributed by atoms with Gasteiger partial charge in [-0.1, -0.05) is 49.4 Å². The summed E-state index contributed by atoms with van der Waals surface area (Å²) >= 11 is 0. The van der Waals surface area contributed by atoms with Gasteiger partial charge < -0.3 is 28.9 Å². The highest BCUT2D eigenvalue weighted by Crippen LogP contribution is 2.28. The number of rotatable bonds is 9. The van der Waals surface area contributed by atoms with Gasteiger partial charge in [0.1, 0.15) is 35.2 Å². The quantitative estimate of drug-likeness (QED) is 0.327. The van der Waals surface area contributed by atoms with Crippen LogP contribution in [0.2, 0.25) is 0 Å². The van der Waals surface area contributed by atoms with E-state index in [1.807, 2.05) is 32.0 Å². The Bertz CT molecular complexity index is 1570. The van der Waals surface area contributed by atoms with E-state index in [4.69, 9.17) is 14.2 Å². The van der Waals surface area contributed by atoms with Crippen LogP contribution in [0.4, 0.5) is 9.18 Å². The highest BCUT2D eigenvalue weighted by Gasteiger charge is 2.42. The van der Waals surface area contributed by atoms with E-state index < -0.39 is 35.4 Å². The maximum atomic E-state index is 15.0. The maximum absolute atomic E-state index is 15.0.